The van der Waals surface area contributed by atoms with Gasteiger partial charge in [-0.3, -0.25) is 5.32 Å². The van der Waals surface area contributed by atoms with Crippen LogP contribution in [0.15, 0.2) is 71.1 Å². The number of hydrogen-bond donors (Lipinski definition) is 1. The zero-order valence-electron chi connectivity index (χ0n) is 24.2. The molecule has 0 bridgehead atoms. The summed E-state index contributed by atoms with van der Waals surface area (Å²) in [5.74, 6) is 0.822. The molecule has 0 aliphatic carbocycles. The molecule has 0 saturated heterocycles. The molecule has 38 heavy (non-hydrogen) atoms. The van der Waals surface area contributed by atoms with Gasteiger partial charge in [-0.15, -0.1) is 19.6 Å². The average Bonchev–Trinajstić information content (AvgIpc) is 3.30. The summed E-state index contributed by atoms with van der Waals surface area (Å²) in [6, 6.07) is 17.0. The van der Waals surface area contributed by atoms with Crippen molar-refractivity contribution in [3.63, 3.8) is 0 Å². The van der Waals surface area contributed by atoms with Gasteiger partial charge in [0.05, 0.1) is 18.5 Å². The van der Waals surface area contributed by atoms with Gasteiger partial charge in [0.15, 0.2) is 0 Å². The highest BCUT2D eigenvalue weighted by Gasteiger charge is 2.19. The van der Waals surface area contributed by atoms with Crippen molar-refractivity contribution in [2.24, 2.45) is 10.2 Å². The number of anilines is 3. The molecule has 3 aromatic rings. The molecule has 204 valence electrons. The van der Waals surface area contributed by atoms with E-state index in [0.29, 0.717) is 0 Å². The van der Waals surface area contributed by atoms with Crippen LogP contribution in [0.2, 0.25) is 0 Å². The maximum atomic E-state index is 4.75. The second-order valence-electron chi connectivity index (χ2n) is 9.99. The number of aromatic nitrogens is 2. The first-order valence-corrected chi connectivity index (χ1v) is 13.6. The van der Waals surface area contributed by atoms with Gasteiger partial charge in [-0.05, 0) is 74.8 Å². The van der Waals surface area contributed by atoms with E-state index in [1.165, 1.54) is 0 Å². The van der Waals surface area contributed by atoms with Crippen LogP contribution in [0, 0.1) is 0 Å². The Labute approximate surface area is 228 Å². The summed E-state index contributed by atoms with van der Waals surface area (Å²) >= 11 is 0. The van der Waals surface area contributed by atoms with Crippen molar-refractivity contribution in [3.05, 3.63) is 72.1 Å². The number of rotatable bonds is 14. The van der Waals surface area contributed by atoms with Crippen LogP contribution in [0.4, 0.5) is 17.3 Å². The first kappa shape index (κ1) is 28.9. The average molecular weight is 518 g/mol. The Hall–Kier alpha value is -3.65. The molecule has 8 heteroatoms. The Bertz CT molecular complexity index is 1080. The number of nitrogens with one attached hydrogen (secondary N) is 1. The van der Waals surface area contributed by atoms with Crippen LogP contribution in [0.1, 0.15) is 44.7 Å². The van der Waals surface area contributed by atoms with E-state index in [-0.39, 0.29) is 6.04 Å². The fraction of sp³-hybridized carbons (Fsp3) is 0.433. The van der Waals surface area contributed by atoms with E-state index >= 15 is 0 Å². The molecule has 1 N–H and O–H groups in total. The van der Waals surface area contributed by atoms with Gasteiger partial charge in [-0.25, -0.2) is 0 Å². The molecule has 1 atom stereocenters. The summed E-state index contributed by atoms with van der Waals surface area (Å²) in [4.78, 5) is 6.64. The van der Waals surface area contributed by atoms with Gasteiger partial charge >= 0.3 is 5.95 Å². The summed E-state index contributed by atoms with van der Waals surface area (Å²) in [5.41, 5.74) is 4.40. The Morgan fingerprint density at radius 3 is 1.95 bits per heavy atom. The quantitative estimate of drug-likeness (QED) is 0.251. The first-order chi connectivity index (χ1) is 18.3. The van der Waals surface area contributed by atoms with Crippen LogP contribution in [0.5, 0.6) is 0 Å². The molecule has 0 aliphatic rings. The van der Waals surface area contributed by atoms with E-state index in [4.69, 9.17) is 10.2 Å². The topological polar surface area (TPSA) is 55.3 Å². The Balaban J connectivity index is 1.80. The van der Waals surface area contributed by atoms with Gasteiger partial charge in [0, 0.05) is 39.6 Å². The van der Waals surface area contributed by atoms with Crippen molar-refractivity contribution >= 4 is 29.8 Å². The molecule has 0 fully saturated rings. The van der Waals surface area contributed by atoms with E-state index < -0.39 is 0 Å². The van der Waals surface area contributed by atoms with Crippen molar-refractivity contribution in [1.82, 2.24) is 9.58 Å². The molecule has 0 radical (unpaired) electrons. The Kier molecular flexibility index (Phi) is 10.9. The van der Waals surface area contributed by atoms with Gasteiger partial charge < -0.3 is 14.7 Å². The van der Waals surface area contributed by atoms with E-state index in [1.54, 1.807) is 0 Å². The summed E-state index contributed by atoms with van der Waals surface area (Å²) < 4.78 is 3.71. The zero-order valence-corrected chi connectivity index (χ0v) is 24.2. The van der Waals surface area contributed by atoms with E-state index in [0.717, 1.165) is 60.9 Å². The van der Waals surface area contributed by atoms with Crippen molar-refractivity contribution in [2.45, 2.75) is 39.7 Å². The molecule has 3 rings (SSSR count). The highest BCUT2D eigenvalue weighted by atomic mass is 15.5. The lowest BCUT2D eigenvalue weighted by Gasteiger charge is -2.18. The first-order valence-electron chi connectivity index (χ1n) is 13.6. The standard InChI is InChI=1S/C30H44N8/c1-8-36(9-2)20-10-11-25(3)33-30-37(31-23-26-12-16-28(17-13-26)34(4)5)21-22-38(30)32-24-27-14-18-29(19-15-27)35(6)7/h12-19,21-25H,8-11,20H2,1-7H3/p+1/b31-23+,32-24+. The van der Waals surface area contributed by atoms with Gasteiger partial charge in [0.2, 0.25) is 0 Å². The minimum atomic E-state index is 0.273. The second kappa shape index (κ2) is 14.3. The van der Waals surface area contributed by atoms with Crippen molar-refractivity contribution in [1.29, 1.82) is 0 Å². The molecule has 0 spiro atoms. The molecule has 8 nitrogen and oxygen atoms in total. The van der Waals surface area contributed by atoms with Gasteiger partial charge in [-0.2, -0.15) is 0 Å². The molecule has 1 heterocycles. The predicted octanol–water partition coefficient (Wildman–Crippen LogP) is 4.59. The maximum absolute atomic E-state index is 4.75. The molecule has 2 aromatic carbocycles. The number of nitrogens with zero attached hydrogens (tertiary/aromatic N) is 7. The SMILES string of the molecule is CCN(CC)CCCC(C)Nc1n(/N=C/c2ccc(N(C)C)cc2)cc[n+]1/N=C/c1ccc(N(C)C)cc1. The lowest BCUT2D eigenvalue weighted by Crippen LogP contribution is -2.34. The van der Waals surface area contributed by atoms with Crippen LogP contribution in [0.25, 0.3) is 0 Å². The Morgan fingerprint density at radius 2 is 1.42 bits per heavy atom. The van der Waals surface area contributed by atoms with Gasteiger partial charge in [-0.1, -0.05) is 38.1 Å². The van der Waals surface area contributed by atoms with Crippen LogP contribution < -0.4 is 19.8 Å². The lowest BCUT2D eigenvalue weighted by atomic mass is 10.2. The third kappa shape index (κ3) is 8.45. The largest absolute Gasteiger partial charge is 0.406 e. The van der Waals surface area contributed by atoms with Crippen LogP contribution in [-0.4, -0.2) is 75.9 Å². The maximum Gasteiger partial charge on any atom is 0.406 e. The lowest BCUT2D eigenvalue weighted by molar-refractivity contribution is -0.663. The van der Waals surface area contributed by atoms with E-state index in [9.17, 15) is 0 Å². The fourth-order valence-electron chi connectivity index (χ4n) is 4.12. The van der Waals surface area contributed by atoms with Crippen molar-refractivity contribution < 1.29 is 4.68 Å². The minimum absolute atomic E-state index is 0.273. The molecular formula is C30H45N8+. The molecule has 1 aromatic heterocycles. The van der Waals surface area contributed by atoms with Gasteiger partial charge in [0.1, 0.15) is 12.4 Å². The van der Waals surface area contributed by atoms with Crippen LogP contribution >= 0.6 is 0 Å². The molecule has 0 aliphatic heterocycles. The smallest absolute Gasteiger partial charge is 0.378 e. The van der Waals surface area contributed by atoms with E-state index in [1.807, 2.05) is 62.4 Å². The van der Waals surface area contributed by atoms with Crippen molar-refractivity contribution in [3.8, 4) is 0 Å². The molecular weight excluding hydrogens is 472 g/mol. The summed E-state index contributed by atoms with van der Waals surface area (Å²) in [6.45, 7) is 9.96. The third-order valence-corrected chi connectivity index (χ3v) is 6.65. The third-order valence-electron chi connectivity index (χ3n) is 6.65. The van der Waals surface area contributed by atoms with E-state index in [2.05, 4.69) is 89.3 Å². The minimum Gasteiger partial charge on any atom is -0.378 e. The van der Waals surface area contributed by atoms with Crippen LogP contribution in [0.3, 0.4) is 0 Å². The van der Waals surface area contributed by atoms with Crippen LogP contribution in [-0.2, 0) is 0 Å². The number of hydrogen-bond acceptors (Lipinski definition) is 6. The van der Waals surface area contributed by atoms with Crippen molar-refractivity contribution in [2.75, 3.05) is 62.9 Å². The zero-order chi connectivity index (χ0) is 27.5. The molecule has 1 unspecified atom stereocenters. The molecule has 0 saturated carbocycles. The predicted molar refractivity (Wildman–Crippen MR) is 162 cm³/mol. The highest BCUT2D eigenvalue weighted by molar-refractivity contribution is 5.80. The summed E-state index contributed by atoms with van der Waals surface area (Å²) in [6.07, 6.45) is 9.82. The van der Waals surface area contributed by atoms with Gasteiger partial charge in [0.25, 0.3) is 0 Å². The summed E-state index contributed by atoms with van der Waals surface area (Å²) in [5, 5.41) is 13.2. The number of benzene rings is 2. The highest BCUT2D eigenvalue weighted by Crippen LogP contribution is 2.13. The fourth-order valence-corrected chi connectivity index (χ4v) is 4.12. The Morgan fingerprint density at radius 1 is 0.868 bits per heavy atom. The second-order valence-corrected chi connectivity index (χ2v) is 9.99. The normalized spacial score (nSPS) is 12.5. The number of imidazole rings is 1. The monoisotopic (exact) mass is 517 g/mol. The molecule has 0 amide bonds. The summed E-state index contributed by atoms with van der Waals surface area (Å²) in [7, 11) is 8.17.